The van der Waals surface area contributed by atoms with E-state index in [9.17, 15) is 5.11 Å². The molecular formula is C13H19NO2. The molecular weight excluding hydrogens is 202 g/mol. The Morgan fingerprint density at radius 1 is 1.25 bits per heavy atom. The van der Waals surface area contributed by atoms with Gasteiger partial charge >= 0.3 is 0 Å². The van der Waals surface area contributed by atoms with Crippen LogP contribution in [0, 0.1) is 5.92 Å². The average Bonchev–Trinajstić information content (AvgIpc) is 2.31. The largest absolute Gasteiger partial charge is 0.396 e. The van der Waals surface area contributed by atoms with E-state index in [1.54, 1.807) is 0 Å². The summed E-state index contributed by atoms with van der Waals surface area (Å²) >= 11 is 0. The Hall–Kier alpha value is -0.900. The number of likely N-dealkylation sites (tertiary alicyclic amines) is 1. The maximum atomic E-state index is 9.82. The Morgan fingerprint density at radius 2 is 2.00 bits per heavy atom. The summed E-state index contributed by atoms with van der Waals surface area (Å²) in [6.07, 6.45) is 0.493. The summed E-state index contributed by atoms with van der Waals surface area (Å²) in [6, 6.07) is 10.3. The van der Waals surface area contributed by atoms with Gasteiger partial charge in [-0.05, 0) is 18.5 Å². The van der Waals surface area contributed by atoms with Crippen LogP contribution in [0.25, 0.3) is 0 Å². The Kier molecular flexibility index (Phi) is 3.93. The van der Waals surface area contributed by atoms with E-state index in [0.717, 1.165) is 19.5 Å². The van der Waals surface area contributed by atoms with E-state index in [4.69, 9.17) is 5.11 Å². The number of rotatable bonds is 3. The Labute approximate surface area is 96.3 Å². The van der Waals surface area contributed by atoms with Crippen LogP contribution in [0.1, 0.15) is 12.0 Å². The van der Waals surface area contributed by atoms with Gasteiger partial charge in [-0.1, -0.05) is 30.3 Å². The van der Waals surface area contributed by atoms with Crippen LogP contribution < -0.4 is 0 Å². The van der Waals surface area contributed by atoms with Crippen LogP contribution in [0.4, 0.5) is 0 Å². The first kappa shape index (κ1) is 11.6. The topological polar surface area (TPSA) is 43.7 Å². The van der Waals surface area contributed by atoms with Gasteiger partial charge in [0.1, 0.15) is 0 Å². The highest BCUT2D eigenvalue weighted by molar-refractivity contribution is 5.14. The molecule has 2 N–H and O–H groups in total. The molecule has 0 radical (unpaired) electrons. The lowest BCUT2D eigenvalue weighted by molar-refractivity contribution is -0.00443. The van der Waals surface area contributed by atoms with Crippen molar-refractivity contribution in [2.45, 2.75) is 19.1 Å². The average molecular weight is 221 g/mol. The number of nitrogens with zero attached hydrogens (tertiary/aromatic N) is 1. The number of piperidine rings is 1. The molecule has 2 atom stereocenters. The minimum atomic E-state index is -0.387. The van der Waals surface area contributed by atoms with E-state index in [1.807, 2.05) is 18.2 Å². The molecule has 1 aromatic carbocycles. The SMILES string of the molecule is OC[C@H]1CCN(Cc2ccccc2)C[C@H]1O. The van der Waals surface area contributed by atoms with Crippen LogP contribution in [0.2, 0.25) is 0 Å². The van der Waals surface area contributed by atoms with Crippen molar-refractivity contribution in [2.75, 3.05) is 19.7 Å². The smallest absolute Gasteiger partial charge is 0.0717 e. The summed E-state index contributed by atoms with van der Waals surface area (Å²) < 4.78 is 0. The molecule has 2 rings (SSSR count). The number of aliphatic hydroxyl groups is 2. The normalized spacial score (nSPS) is 26.9. The van der Waals surface area contributed by atoms with Crippen molar-refractivity contribution in [1.29, 1.82) is 0 Å². The van der Waals surface area contributed by atoms with Gasteiger partial charge in [-0.2, -0.15) is 0 Å². The predicted molar refractivity (Wildman–Crippen MR) is 62.9 cm³/mol. The van der Waals surface area contributed by atoms with E-state index < -0.39 is 0 Å². The number of hydrogen-bond donors (Lipinski definition) is 2. The molecule has 3 nitrogen and oxygen atoms in total. The van der Waals surface area contributed by atoms with Crippen molar-refractivity contribution in [2.24, 2.45) is 5.92 Å². The van der Waals surface area contributed by atoms with Crippen LogP contribution in [0.5, 0.6) is 0 Å². The van der Waals surface area contributed by atoms with Gasteiger partial charge in [0.15, 0.2) is 0 Å². The zero-order chi connectivity index (χ0) is 11.4. The summed E-state index contributed by atoms with van der Waals surface area (Å²) in [5.41, 5.74) is 1.28. The molecule has 0 amide bonds. The number of β-amino-alcohol motifs (C(OH)–C–C–N with tert-alkyl or cyclic N) is 1. The molecule has 1 aliphatic heterocycles. The fourth-order valence-corrected chi connectivity index (χ4v) is 2.24. The first-order chi connectivity index (χ1) is 7.79. The summed E-state index contributed by atoms with van der Waals surface area (Å²) in [5, 5.41) is 18.9. The maximum Gasteiger partial charge on any atom is 0.0717 e. The fourth-order valence-electron chi connectivity index (χ4n) is 2.24. The summed E-state index contributed by atoms with van der Waals surface area (Å²) in [6.45, 7) is 2.60. The Balaban J connectivity index is 1.89. The molecule has 3 heteroatoms. The van der Waals surface area contributed by atoms with E-state index in [0.29, 0.717) is 6.54 Å². The van der Waals surface area contributed by atoms with Crippen LogP contribution in [0.3, 0.4) is 0 Å². The van der Waals surface area contributed by atoms with Gasteiger partial charge in [-0.15, -0.1) is 0 Å². The van der Waals surface area contributed by atoms with Gasteiger partial charge < -0.3 is 10.2 Å². The third kappa shape index (κ3) is 2.82. The second-order valence-electron chi connectivity index (χ2n) is 4.52. The number of hydrogen-bond acceptors (Lipinski definition) is 3. The summed E-state index contributed by atoms with van der Waals surface area (Å²) in [5.74, 6) is 0.0621. The molecule has 1 heterocycles. The van der Waals surface area contributed by atoms with Gasteiger partial charge in [0.2, 0.25) is 0 Å². The van der Waals surface area contributed by atoms with Gasteiger partial charge in [0, 0.05) is 25.6 Å². The molecule has 0 saturated carbocycles. The van der Waals surface area contributed by atoms with Gasteiger partial charge in [0.25, 0.3) is 0 Å². The third-order valence-electron chi connectivity index (χ3n) is 3.29. The van der Waals surface area contributed by atoms with E-state index in [1.165, 1.54) is 5.56 Å². The number of aliphatic hydroxyl groups excluding tert-OH is 2. The van der Waals surface area contributed by atoms with Crippen LogP contribution in [-0.4, -0.2) is 40.9 Å². The van der Waals surface area contributed by atoms with Crippen molar-refractivity contribution in [1.82, 2.24) is 4.90 Å². The molecule has 0 aromatic heterocycles. The van der Waals surface area contributed by atoms with E-state index in [2.05, 4.69) is 17.0 Å². The minimum Gasteiger partial charge on any atom is -0.396 e. The zero-order valence-corrected chi connectivity index (χ0v) is 9.42. The molecule has 88 valence electrons. The van der Waals surface area contributed by atoms with E-state index >= 15 is 0 Å². The highest BCUT2D eigenvalue weighted by Gasteiger charge is 2.26. The highest BCUT2D eigenvalue weighted by atomic mass is 16.3. The molecule has 1 aromatic rings. The lowest BCUT2D eigenvalue weighted by Crippen LogP contribution is -2.44. The first-order valence-electron chi connectivity index (χ1n) is 5.85. The van der Waals surface area contributed by atoms with Gasteiger partial charge in [0.05, 0.1) is 6.10 Å². The first-order valence-corrected chi connectivity index (χ1v) is 5.85. The van der Waals surface area contributed by atoms with Crippen molar-refractivity contribution in [3.63, 3.8) is 0 Å². The fraction of sp³-hybridized carbons (Fsp3) is 0.538. The molecule has 16 heavy (non-hydrogen) atoms. The zero-order valence-electron chi connectivity index (χ0n) is 9.42. The van der Waals surface area contributed by atoms with Crippen molar-refractivity contribution in [3.8, 4) is 0 Å². The summed E-state index contributed by atoms with van der Waals surface area (Å²) in [7, 11) is 0. The standard InChI is InChI=1S/C13H19NO2/c15-10-12-6-7-14(9-13(12)16)8-11-4-2-1-3-5-11/h1-5,12-13,15-16H,6-10H2/t12-,13-/m1/s1. The van der Waals surface area contributed by atoms with E-state index in [-0.39, 0.29) is 18.6 Å². The Morgan fingerprint density at radius 3 is 2.62 bits per heavy atom. The Bertz CT molecular complexity index is 315. The monoisotopic (exact) mass is 221 g/mol. The lowest BCUT2D eigenvalue weighted by Gasteiger charge is -2.35. The van der Waals surface area contributed by atoms with Crippen molar-refractivity contribution < 1.29 is 10.2 Å². The molecule has 1 aliphatic rings. The minimum absolute atomic E-state index is 0.0621. The molecule has 0 spiro atoms. The quantitative estimate of drug-likeness (QED) is 0.795. The van der Waals surface area contributed by atoms with Crippen molar-refractivity contribution in [3.05, 3.63) is 35.9 Å². The second kappa shape index (κ2) is 5.43. The molecule has 1 fully saturated rings. The lowest BCUT2D eigenvalue weighted by atomic mass is 9.94. The third-order valence-corrected chi connectivity index (χ3v) is 3.29. The summed E-state index contributed by atoms with van der Waals surface area (Å²) in [4.78, 5) is 2.24. The van der Waals surface area contributed by atoms with Crippen LogP contribution >= 0.6 is 0 Å². The van der Waals surface area contributed by atoms with Crippen molar-refractivity contribution >= 4 is 0 Å². The molecule has 0 bridgehead atoms. The van der Waals surface area contributed by atoms with Gasteiger partial charge in [-0.25, -0.2) is 0 Å². The van der Waals surface area contributed by atoms with Crippen LogP contribution in [0.15, 0.2) is 30.3 Å². The van der Waals surface area contributed by atoms with Gasteiger partial charge in [-0.3, -0.25) is 4.90 Å². The molecule has 0 unspecified atom stereocenters. The molecule has 1 saturated heterocycles. The second-order valence-corrected chi connectivity index (χ2v) is 4.52. The number of benzene rings is 1. The van der Waals surface area contributed by atoms with Crippen LogP contribution in [-0.2, 0) is 6.54 Å². The predicted octanol–water partition coefficient (Wildman–Crippen LogP) is 0.862. The maximum absolute atomic E-state index is 9.82. The molecule has 0 aliphatic carbocycles. The highest BCUT2D eigenvalue weighted by Crippen LogP contribution is 2.18.